The van der Waals surface area contributed by atoms with Crippen LogP contribution in [0.3, 0.4) is 0 Å². The predicted octanol–water partition coefficient (Wildman–Crippen LogP) is 3.63. The van der Waals surface area contributed by atoms with E-state index in [0.29, 0.717) is 5.56 Å². The van der Waals surface area contributed by atoms with Gasteiger partial charge in [-0.2, -0.15) is 0 Å². The topological polar surface area (TPSA) is 45.2 Å². The zero-order chi connectivity index (χ0) is 18.2. The summed E-state index contributed by atoms with van der Waals surface area (Å²) in [6.07, 6.45) is 8.14. The zero-order valence-corrected chi connectivity index (χ0v) is 16.2. The number of carbonyl (C=O) groups is 1. The highest BCUT2D eigenvalue weighted by molar-refractivity contribution is 7.98. The van der Waals surface area contributed by atoms with Gasteiger partial charge in [0.25, 0.3) is 5.91 Å². The molecule has 26 heavy (non-hydrogen) atoms. The van der Waals surface area contributed by atoms with Crippen LogP contribution in [0.5, 0.6) is 0 Å². The standard InChI is InChI=1S/C21H27N3OS/c1-26-21-19(12-5-13-22-21)20(25)23-18-11-7-15-24(16-18)14-6-10-17-8-3-2-4-9-17/h2-5,8-9,12-13,18H,6-7,10-11,14-16H2,1H3,(H,23,25). The van der Waals surface area contributed by atoms with E-state index in [1.807, 2.05) is 18.4 Å². The average Bonchev–Trinajstić information content (AvgIpc) is 2.69. The molecule has 0 radical (unpaired) electrons. The number of likely N-dealkylation sites (tertiary alicyclic amines) is 1. The number of amides is 1. The first-order valence-corrected chi connectivity index (χ1v) is 10.5. The second kappa shape index (κ2) is 9.74. The highest BCUT2D eigenvalue weighted by atomic mass is 32.2. The number of benzene rings is 1. The summed E-state index contributed by atoms with van der Waals surface area (Å²) in [6.45, 7) is 3.16. The van der Waals surface area contributed by atoms with Crippen LogP contribution in [0.2, 0.25) is 0 Å². The van der Waals surface area contributed by atoms with Gasteiger partial charge >= 0.3 is 0 Å². The maximum atomic E-state index is 12.6. The van der Waals surface area contributed by atoms with E-state index in [1.54, 1.807) is 6.20 Å². The highest BCUT2D eigenvalue weighted by Crippen LogP contribution is 2.18. The first-order chi connectivity index (χ1) is 12.8. The second-order valence-electron chi connectivity index (χ2n) is 6.76. The number of hydrogen-bond acceptors (Lipinski definition) is 4. The summed E-state index contributed by atoms with van der Waals surface area (Å²) in [5.74, 6) is -0.00131. The van der Waals surface area contributed by atoms with Crippen LogP contribution < -0.4 is 5.32 Å². The molecule has 1 aromatic heterocycles. The van der Waals surface area contributed by atoms with Crippen molar-refractivity contribution in [1.82, 2.24) is 15.2 Å². The normalized spacial score (nSPS) is 17.8. The fourth-order valence-corrected chi connectivity index (χ4v) is 4.06. The Morgan fingerprint density at radius 3 is 2.92 bits per heavy atom. The number of thioether (sulfide) groups is 1. The lowest BCUT2D eigenvalue weighted by Crippen LogP contribution is -2.48. The molecule has 1 fully saturated rings. The van der Waals surface area contributed by atoms with Crippen molar-refractivity contribution in [2.24, 2.45) is 0 Å². The lowest BCUT2D eigenvalue weighted by atomic mass is 10.0. The Labute approximate surface area is 160 Å². The van der Waals surface area contributed by atoms with Crippen LogP contribution in [0.15, 0.2) is 53.7 Å². The van der Waals surface area contributed by atoms with E-state index in [2.05, 4.69) is 45.5 Å². The summed E-state index contributed by atoms with van der Waals surface area (Å²) in [7, 11) is 0. The van der Waals surface area contributed by atoms with Crippen LogP contribution in [0.4, 0.5) is 0 Å². The third-order valence-electron chi connectivity index (χ3n) is 4.83. The predicted molar refractivity (Wildman–Crippen MR) is 108 cm³/mol. The minimum Gasteiger partial charge on any atom is -0.348 e. The molecule has 1 aromatic carbocycles. The number of nitrogens with one attached hydrogen (secondary N) is 1. The molecule has 4 nitrogen and oxygen atoms in total. The molecule has 0 aliphatic carbocycles. The number of nitrogens with zero attached hydrogens (tertiary/aromatic N) is 2. The molecule has 1 unspecified atom stereocenters. The summed E-state index contributed by atoms with van der Waals surface area (Å²) in [6, 6.07) is 14.5. The molecule has 1 atom stereocenters. The van der Waals surface area contributed by atoms with Crippen LogP contribution in [0.25, 0.3) is 0 Å². The molecular formula is C21H27N3OS. The third kappa shape index (κ3) is 5.32. The van der Waals surface area contributed by atoms with E-state index in [0.717, 1.165) is 50.3 Å². The van der Waals surface area contributed by atoms with Crippen molar-refractivity contribution in [1.29, 1.82) is 0 Å². The molecule has 1 aliphatic heterocycles. The molecule has 0 spiro atoms. The first kappa shape index (κ1) is 18.9. The van der Waals surface area contributed by atoms with Gasteiger partial charge in [-0.1, -0.05) is 30.3 Å². The maximum Gasteiger partial charge on any atom is 0.254 e. The van der Waals surface area contributed by atoms with Crippen molar-refractivity contribution in [3.05, 3.63) is 59.8 Å². The van der Waals surface area contributed by atoms with Crippen LogP contribution in [0, 0.1) is 0 Å². The van der Waals surface area contributed by atoms with Gasteiger partial charge in [0.2, 0.25) is 0 Å². The van der Waals surface area contributed by atoms with E-state index < -0.39 is 0 Å². The van der Waals surface area contributed by atoms with Crippen molar-refractivity contribution >= 4 is 17.7 Å². The van der Waals surface area contributed by atoms with Gasteiger partial charge in [-0.3, -0.25) is 4.79 Å². The molecule has 1 N–H and O–H groups in total. The molecule has 2 aromatic rings. The van der Waals surface area contributed by atoms with Crippen molar-refractivity contribution in [2.45, 2.75) is 36.8 Å². The van der Waals surface area contributed by atoms with Gasteiger partial charge in [-0.15, -0.1) is 11.8 Å². The Kier molecular flexibility index (Phi) is 7.09. The lowest BCUT2D eigenvalue weighted by molar-refractivity contribution is 0.0899. The molecule has 3 rings (SSSR count). The number of carbonyl (C=O) groups excluding carboxylic acids is 1. The van der Waals surface area contributed by atoms with E-state index in [1.165, 1.54) is 17.3 Å². The fourth-order valence-electron chi connectivity index (χ4n) is 3.52. The average molecular weight is 370 g/mol. The molecule has 2 heterocycles. The Hall–Kier alpha value is -1.85. The smallest absolute Gasteiger partial charge is 0.254 e. The van der Waals surface area contributed by atoms with E-state index in [9.17, 15) is 4.79 Å². The molecule has 0 bridgehead atoms. The quantitative estimate of drug-likeness (QED) is 0.757. The monoisotopic (exact) mass is 369 g/mol. The minimum atomic E-state index is -0.00131. The molecule has 0 saturated carbocycles. The highest BCUT2D eigenvalue weighted by Gasteiger charge is 2.22. The molecule has 138 valence electrons. The van der Waals surface area contributed by atoms with Gasteiger partial charge in [0, 0.05) is 18.8 Å². The minimum absolute atomic E-state index is 0.00131. The molecule has 1 saturated heterocycles. The van der Waals surface area contributed by atoms with Crippen molar-refractivity contribution in [2.75, 3.05) is 25.9 Å². The SMILES string of the molecule is CSc1ncccc1C(=O)NC1CCCN(CCCc2ccccc2)C1. The Morgan fingerprint density at radius 1 is 1.27 bits per heavy atom. The van der Waals surface area contributed by atoms with Crippen molar-refractivity contribution in [3.8, 4) is 0 Å². The van der Waals surface area contributed by atoms with Gasteiger partial charge in [0.1, 0.15) is 5.03 Å². The van der Waals surface area contributed by atoms with E-state index >= 15 is 0 Å². The number of aryl methyl sites for hydroxylation is 1. The lowest BCUT2D eigenvalue weighted by Gasteiger charge is -2.33. The van der Waals surface area contributed by atoms with Crippen LogP contribution in [-0.4, -0.2) is 47.7 Å². The number of aromatic nitrogens is 1. The second-order valence-corrected chi connectivity index (χ2v) is 7.56. The number of pyridine rings is 1. The van der Waals surface area contributed by atoms with Crippen LogP contribution in [-0.2, 0) is 6.42 Å². The van der Waals surface area contributed by atoms with Gasteiger partial charge in [-0.05, 0) is 62.7 Å². The fraction of sp³-hybridized carbons (Fsp3) is 0.429. The number of rotatable bonds is 7. The van der Waals surface area contributed by atoms with Crippen LogP contribution >= 0.6 is 11.8 Å². The number of piperidine rings is 1. The van der Waals surface area contributed by atoms with Gasteiger partial charge in [0.05, 0.1) is 5.56 Å². The zero-order valence-electron chi connectivity index (χ0n) is 15.4. The van der Waals surface area contributed by atoms with Crippen molar-refractivity contribution < 1.29 is 4.79 Å². The summed E-state index contributed by atoms with van der Waals surface area (Å²) in [4.78, 5) is 19.4. The summed E-state index contributed by atoms with van der Waals surface area (Å²) in [5.41, 5.74) is 2.08. The summed E-state index contributed by atoms with van der Waals surface area (Å²) >= 11 is 1.51. The summed E-state index contributed by atoms with van der Waals surface area (Å²) in [5, 5.41) is 4.01. The molecule has 1 amide bonds. The Bertz CT molecular complexity index is 707. The summed E-state index contributed by atoms with van der Waals surface area (Å²) < 4.78 is 0. The van der Waals surface area contributed by atoms with Crippen molar-refractivity contribution in [3.63, 3.8) is 0 Å². The maximum absolute atomic E-state index is 12.6. The van der Waals surface area contributed by atoms with Gasteiger partial charge in [-0.25, -0.2) is 4.98 Å². The van der Waals surface area contributed by atoms with Gasteiger partial charge < -0.3 is 10.2 Å². The van der Waals surface area contributed by atoms with Crippen LogP contribution in [0.1, 0.15) is 35.2 Å². The van der Waals surface area contributed by atoms with E-state index in [4.69, 9.17) is 0 Å². The largest absolute Gasteiger partial charge is 0.348 e. The van der Waals surface area contributed by atoms with Gasteiger partial charge in [0.15, 0.2) is 0 Å². The number of hydrogen-bond donors (Lipinski definition) is 1. The molecular weight excluding hydrogens is 342 g/mol. The first-order valence-electron chi connectivity index (χ1n) is 9.32. The molecule has 1 aliphatic rings. The molecule has 5 heteroatoms. The third-order valence-corrected chi connectivity index (χ3v) is 5.54. The Balaban J connectivity index is 1.48. The van der Waals surface area contributed by atoms with E-state index in [-0.39, 0.29) is 11.9 Å². The Morgan fingerprint density at radius 2 is 2.12 bits per heavy atom.